The molecular formula is C40H40N6. The van der Waals surface area contributed by atoms with E-state index >= 15 is 0 Å². The Balaban J connectivity index is 1.31. The minimum atomic E-state index is 0.813. The average molecular weight is 605 g/mol. The highest BCUT2D eigenvalue weighted by Crippen LogP contribution is 2.24. The Morgan fingerprint density at radius 3 is 1.09 bits per heavy atom. The molecule has 2 heterocycles. The van der Waals surface area contributed by atoms with E-state index in [2.05, 4.69) is 64.1 Å². The fourth-order valence-corrected chi connectivity index (χ4v) is 4.93. The van der Waals surface area contributed by atoms with Crippen LogP contribution in [0.5, 0.6) is 0 Å². The maximum atomic E-state index is 4.86. The summed E-state index contributed by atoms with van der Waals surface area (Å²) >= 11 is 0. The Labute approximate surface area is 272 Å². The van der Waals surface area contributed by atoms with Crippen molar-refractivity contribution in [2.45, 2.75) is 55.4 Å². The summed E-state index contributed by atoms with van der Waals surface area (Å²) in [4.78, 5) is 29.1. The van der Waals surface area contributed by atoms with E-state index < -0.39 is 0 Å². The van der Waals surface area contributed by atoms with Crippen molar-refractivity contribution < 1.29 is 0 Å². The Kier molecular flexibility index (Phi) is 9.87. The van der Waals surface area contributed by atoms with Gasteiger partial charge in [0.15, 0.2) is 0 Å². The molecule has 0 fully saturated rings. The molecule has 5 aromatic rings. The van der Waals surface area contributed by atoms with E-state index in [1.165, 1.54) is 11.1 Å². The van der Waals surface area contributed by atoms with Crippen molar-refractivity contribution in [1.29, 1.82) is 0 Å². The minimum absolute atomic E-state index is 0.813. The number of aryl methyl sites for hydroxylation is 4. The molecule has 0 unspecified atom stereocenters. The first-order valence-electron chi connectivity index (χ1n) is 15.5. The van der Waals surface area contributed by atoms with E-state index in [-0.39, 0.29) is 0 Å². The van der Waals surface area contributed by atoms with Crippen LogP contribution in [0, 0.1) is 27.7 Å². The molecule has 0 atom stereocenters. The smallest absolute Gasteiger partial charge is 0.0849 e. The van der Waals surface area contributed by atoms with E-state index in [0.717, 1.165) is 79.5 Å². The van der Waals surface area contributed by atoms with Crippen LogP contribution in [0.1, 0.15) is 72.7 Å². The predicted octanol–water partition coefficient (Wildman–Crippen LogP) is 10.3. The number of pyridine rings is 2. The van der Waals surface area contributed by atoms with Crippen LogP contribution in [-0.2, 0) is 0 Å². The summed E-state index contributed by atoms with van der Waals surface area (Å²) in [7, 11) is 0. The van der Waals surface area contributed by atoms with Crippen LogP contribution in [0.3, 0.4) is 0 Å². The molecule has 0 amide bonds. The highest BCUT2D eigenvalue weighted by atomic mass is 14.9. The first kappa shape index (κ1) is 32.0. The lowest BCUT2D eigenvalue weighted by Gasteiger charge is -2.07. The van der Waals surface area contributed by atoms with Gasteiger partial charge in [0.2, 0.25) is 0 Å². The first-order chi connectivity index (χ1) is 22.0. The maximum Gasteiger partial charge on any atom is 0.0849 e. The molecule has 0 spiro atoms. The van der Waals surface area contributed by atoms with Gasteiger partial charge < -0.3 is 0 Å². The maximum absolute atomic E-state index is 4.86. The third-order valence-corrected chi connectivity index (χ3v) is 7.73. The topological polar surface area (TPSA) is 75.2 Å². The molecule has 0 saturated carbocycles. The van der Waals surface area contributed by atoms with Crippen LogP contribution in [0.15, 0.2) is 117 Å². The van der Waals surface area contributed by atoms with Crippen LogP contribution >= 0.6 is 0 Å². The molecule has 3 aromatic carbocycles. The van der Waals surface area contributed by atoms with Gasteiger partial charge in [-0.05, 0) is 138 Å². The number of nitrogens with zero attached hydrogens (tertiary/aromatic N) is 6. The highest BCUT2D eigenvalue weighted by Gasteiger charge is 2.08. The van der Waals surface area contributed by atoms with Crippen molar-refractivity contribution in [3.63, 3.8) is 0 Å². The van der Waals surface area contributed by atoms with Crippen molar-refractivity contribution in [3.05, 3.63) is 142 Å². The summed E-state index contributed by atoms with van der Waals surface area (Å²) in [5, 5.41) is 0. The van der Waals surface area contributed by atoms with Gasteiger partial charge in [-0.2, -0.15) is 0 Å². The molecule has 0 radical (unpaired) electrons. The van der Waals surface area contributed by atoms with Crippen molar-refractivity contribution >= 4 is 45.6 Å². The normalized spacial score (nSPS) is 12.9. The zero-order chi connectivity index (χ0) is 32.8. The molecule has 0 bridgehead atoms. The molecule has 0 aliphatic rings. The van der Waals surface area contributed by atoms with Crippen LogP contribution in [0.25, 0.3) is 0 Å². The summed E-state index contributed by atoms with van der Waals surface area (Å²) in [5.74, 6) is 0. The standard InChI is InChI=1S/C40H40N6/c1-25-15-17-27(3)39(23-25)43-31(7)37-13-9-11-35(45-37)29(5)41-33-19-21-34(22-20-33)42-30(6)36-12-10-14-38(46-36)32(8)44-40-24-26(2)16-18-28(40)4/h9-24H,1-8H3. The van der Waals surface area contributed by atoms with E-state index in [1.807, 2.05) is 88.4 Å². The summed E-state index contributed by atoms with van der Waals surface area (Å²) in [6.45, 7) is 16.2. The lowest BCUT2D eigenvalue weighted by molar-refractivity contribution is 1.23. The van der Waals surface area contributed by atoms with Gasteiger partial charge in [-0.15, -0.1) is 0 Å². The molecule has 5 rings (SSSR count). The predicted molar refractivity (Wildman–Crippen MR) is 194 cm³/mol. The minimum Gasteiger partial charge on any atom is -0.252 e. The highest BCUT2D eigenvalue weighted by molar-refractivity contribution is 6.03. The van der Waals surface area contributed by atoms with Crippen molar-refractivity contribution in [2.75, 3.05) is 0 Å². The third-order valence-electron chi connectivity index (χ3n) is 7.73. The van der Waals surface area contributed by atoms with E-state index in [9.17, 15) is 0 Å². The van der Waals surface area contributed by atoms with Gasteiger partial charge in [-0.25, -0.2) is 9.97 Å². The van der Waals surface area contributed by atoms with Crippen LogP contribution in [0.4, 0.5) is 22.7 Å². The Hall–Kier alpha value is -5.36. The molecule has 2 aromatic heterocycles. The van der Waals surface area contributed by atoms with Gasteiger partial charge >= 0.3 is 0 Å². The number of hydrogen-bond acceptors (Lipinski definition) is 6. The zero-order valence-electron chi connectivity index (χ0n) is 27.9. The second-order valence-electron chi connectivity index (χ2n) is 11.7. The molecule has 6 heteroatoms. The second kappa shape index (κ2) is 14.2. The number of rotatable bonds is 8. The number of hydrogen-bond donors (Lipinski definition) is 0. The molecule has 0 aliphatic heterocycles. The molecule has 0 N–H and O–H groups in total. The Bertz CT molecular complexity index is 1870. The quantitative estimate of drug-likeness (QED) is 0.165. The zero-order valence-corrected chi connectivity index (χ0v) is 27.9. The molecular weight excluding hydrogens is 564 g/mol. The third kappa shape index (κ3) is 8.02. The van der Waals surface area contributed by atoms with Gasteiger partial charge in [0.1, 0.15) is 0 Å². The van der Waals surface area contributed by atoms with Gasteiger partial charge in [0, 0.05) is 0 Å². The van der Waals surface area contributed by atoms with Crippen molar-refractivity contribution in [2.24, 2.45) is 20.0 Å². The van der Waals surface area contributed by atoms with E-state index in [4.69, 9.17) is 29.9 Å². The average Bonchev–Trinajstić information content (AvgIpc) is 3.05. The molecule has 230 valence electrons. The summed E-state index contributed by atoms with van der Waals surface area (Å²) in [6.07, 6.45) is 0. The van der Waals surface area contributed by atoms with Crippen molar-refractivity contribution in [1.82, 2.24) is 9.97 Å². The lowest BCUT2D eigenvalue weighted by Crippen LogP contribution is -2.05. The summed E-state index contributed by atoms with van der Waals surface area (Å²) in [6, 6.07) is 32.4. The van der Waals surface area contributed by atoms with E-state index in [1.54, 1.807) is 0 Å². The van der Waals surface area contributed by atoms with Gasteiger partial charge in [-0.1, -0.05) is 36.4 Å². The molecule has 46 heavy (non-hydrogen) atoms. The van der Waals surface area contributed by atoms with Crippen LogP contribution in [-0.4, -0.2) is 32.8 Å². The fourth-order valence-electron chi connectivity index (χ4n) is 4.93. The number of aliphatic imine (C=N–C) groups is 4. The fraction of sp³-hybridized carbons (Fsp3) is 0.200. The lowest BCUT2D eigenvalue weighted by atomic mass is 10.1. The monoisotopic (exact) mass is 604 g/mol. The second-order valence-corrected chi connectivity index (χ2v) is 11.7. The van der Waals surface area contributed by atoms with Gasteiger partial charge in [0.25, 0.3) is 0 Å². The van der Waals surface area contributed by atoms with Crippen molar-refractivity contribution in [3.8, 4) is 0 Å². The van der Waals surface area contributed by atoms with Gasteiger partial charge in [0.05, 0.1) is 68.4 Å². The molecule has 6 nitrogen and oxygen atoms in total. The molecule has 0 aliphatic carbocycles. The molecule has 0 saturated heterocycles. The Morgan fingerprint density at radius 2 is 0.739 bits per heavy atom. The summed E-state index contributed by atoms with van der Waals surface area (Å²) < 4.78 is 0. The number of aromatic nitrogens is 2. The largest absolute Gasteiger partial charge is 0.252 e. The summed E-state index contributed by atoms with van der Waals surface area (Å²) in [5.41, 5.74) is 14.9. The van der Waals surface area contributed by atoms with Gasteiger partial charge in [-0.3, -0.25) is 20.0 Å². The SMILES string of the molecule is CC(=Nc1ccc(N=C(C)c2cccc(C(C)=Nc3cc(C)ccc3C)n2)cc1)c1cccc(C(C)=Nc2cc(C)ccc2C)n1. The number of benzene rings is 3. The van der Waals surface area contributed by atoms with Crippen LogP contribution in [0.2, 0.25) is 0 Å². The van der Waals surface area contributed by atoms with E-state index in [0.29, 0.717) is 0 Å². The first-order valence-corrected chi connectivity index (χ1v) is 15.5. The Morgan fingerprint density at radius 1 is 0.413 bits per heavy atom. The van der Waals surface area contributed by atoms with Crippen LogP contribution < -0.4 is 0 Å².